The average Bonchev–Trinajstić information content (AvgIpc) is 3.15. The van der Waals surface area contributed by atoms with Crippen molar-refractivity contribution in [1.82, 2.24) is 20.3 Å². The molecule has 0 radical (unpaired) electrons. The smallest absolute Gasteiger partial charge is 0.407 e. The van der Waals surface area contributed by atoms with Crippen LogP contribution in [0.2, 0.25) is 0 Å². The lowest BCUT2D eigenvalue weighted by Crippen LogP contribution is -2.39. The number of amides is 1. The Labute approximate surface area is 155 Å². The molecule has 146 valence electrons. The predicted molar refractivity (Wildman–Crippen MR) is 93.2 cm³/mol. The van der Waals surface area contributed by atoms with Crippen LogP contribution in [0.25, 0.3) is 11.0 Å². The van der Waals surface area contributed by atoms with Crippen LogP contribution in [0, 0.1) is 17.6 Å². The van der Waals surface area contributed by atoms with Crippen molar-refractivity contribution < 1.29 is 23.1 Å². The van der Waals surface area contributed by atoms with Crippen molar-refractivity contribution in [3.63, 3.8) is 0 Å². The van der Waals surface area contributed by atoms with E-state index in [-0.39, 0.29) is 41.5 Å². The van der Waals surface area contributed by atoms with Gasteiger partial charge in [0.2, 0.25) is 0 Å². The van der Waals surface area contributed by atoms with Gasteiger partial charge in [-0.3, -0.25) is 0 Å². The number of carbonyl (C=O) groups excluding carboxylic acids is 2. The predicted octanol–water partition coefficient (Wildman–Crippen LogP) is 2.54. The van der Waals surface area contributed by atoms with E-state index in [1.807, 2.05) is 0 Å². The minimum Gasteiger partial charge on any atom is -0.444 e. The monoisotopic (exact) mass is 380 g/mol. The number of nitrogens with zero attached hydrogens (tertiary/aromatic N) is 3. The summed E-state index contributed by atoms with van der Waals surface area (Å²) < 4.78 is 36.1. The van der Waals surface area contributed by atoms with E-state index in [1.54, 1.807) is 27.7 Å². The molecule has 9 heteroatoms. The van der Waals surface area contributed by atoms with Crippen LogP contribution in [0.5, 0.6) is 0 Å². The van der Waals surface area contributed by atoms with Crippen LogP contribution in [-0.4, -0.2) is 39.0 Å². The molecular formula is C18H22F2N4O3. The van der Waals surface area contributed by atoms with Gasteiger partial charge in [0.15, 0.2) is 17.2 Å². The summed E-state index contributed by atoms with van der Waals surface area (Å²) in [5.41, 5.74) is -0.468. The number of nitrogens with one attached hydrogen (secondary N) is 1. The highest BCUT2D eigenvalue weighted by Crippen LogP contribution is 2.35. The molecule has 1 unspecified atom stereocenters. The molecule has 1 aliphatic carbocycles. The first-order valence-corrected chi connectivity index (χ1v) is 8.77. The highest BCUT2D eigenvalue weighted by molar-refractivity contribution is 5.79. The molecule has 1 aromatic carbocycles. The van der Waals surface area contributed by atoms with Crippen molar-refractivity contribution in [2.45, 2.75) is 58.7 Å². The van der Waals surface area contributed by atoms with Crippen LogP contribution in [0.3, 0.4) is 0 Å². The summed E-state index contributed by atoms with van der Waals surface area (Å²) in [5, 5.41) is 10.2. The molecule has 1 amide bonds. The van der Waals surface area contributed by atoms with Gasteiger partial charge in [0.1, 0.15) is 17.4 Å². The standard InChI is InChI=1S/C18H22F2N4O3/c1-9(21-17(26)27-18(2,3)4)7-24-16-14(20)12-6-10(8-25)5-11(12)13(19)15(16)22-23-24/h8-10H,5-7H2,1-4H3,(H,21,26)/t9-,10?/m0/s1. The minimum atomic E-state index is -0.644. The Balaban J connectivity index is 1.86. The number of benzene rings is 1. The highest BCUT2D eigenvalue weighted by atomic mass is 19.1. The number of carbonyl (C=O) groups is 2. The summed E-state index contributed by atoms with van der Waals surface area (Å²) in [4.78, 5) is 22.9. The van der Waals surface area contributed by atoms with Crippen molar-refractivity contribution in [1.29, 1.82) is 0 Å². The van der Waals surface area contributed by atoms with E-state index in [9.17, 15) is 18.4 Å². The third-order valence-electron chi connectivity index (χ3n) is 4.38. The zero-order valence-electron chi connectivity index (χ0n) is 15.7. The summed E-state index contributed by atoms with van der Waals surface area (Å²) in [6.07, 6.45) is 0.437. The molecule has 27 heavy (non-hydrogen) atoms. The van der Waals surface area contributed by atoms with Crippen LogP contribution in [0.4, 0.5) is 13.6 Å². The number of halogens is 2. The molecule has 0 spiro atoms. The van der Waals surface area contributed by atoms with Crippen molar-refractivity contribution in [2.75, 3.05) is 0 Å². The summed E-state index contributed by atoms with van der Waals surface area (Å²) in [5.74, 6) is -1.67. The molecule has 2 atom stereocenters. The molecule has 0 fully saturated rings. The Morgan fingerprint density at radius 1 is 1.33 bits per heavy atom. The van der Waals surface area contributed by atoms with Gasteiger partial charge in [-0.15, -0.1) is 5.10 Å². The highest BCUT2D eigenvalue weighted by Gasteiger charge is 2.32. The first kappa shape index (κ1) is 19.2. The Bertz CT molecular complexity index is 904. The van der Waals surface area contributed by atoms with Gasteiger partial charge in [-0.05, 0) is 51.7 Å². The van der Waals surface area contributed by atoms with Gasteiger partial charge in [0.25, 0.3) is 0 Å². The molecule has 1 N–H and O–H groups in total. The van der Waals surface area contributed by atoms with Gasteiger partial charge in [-0.2, -0.15) is 0 Å². The normalized spacial score (nSPS) is 17.6. The third kappa shape index (κ3) is 3.77. The van der Waals surface area contributed by atoms with E-state index in [4.69, 9.17) is 4.74 Å². The van der Waals surface area contributed by atoms with Crippen LogP contribution in [0.1, 0.15) is 38.8 Å². The lowest BCUT2D eigenvalue weighted by Gasteiger charge is -2.22. The number of alkyl carbamates (subject to hydrolysis) is 1. The quantitative estimate of drug-likeness (QED) is 0.824. The molecule has 1 aromatic heterocycles. The van der Waals surface area contributed by atoms with Gasteiger partial charge >= 0.3 is 6.09 Å². The number of ether oxygens (including phenoxy) is 1. The van der Waals surface area contributed by atoms with Crippen LogP contribution in [0.15, 0.2) is 0 Å². The summed E-state index contributed by atoms with van der Waals surface area (Å²) in [6, 6.07) is -0.455. The van der Waals surface area contributed by atoms with E-state index in [2.05, 4.69) is 15.6 Å². The molecule has 1 heterocycles. The molecule has 0 bridgehead atoms. The number of hydrogen-bond acceptors (Lipinski definition) is 5. The van der Waals surface area contributed by atoms with E-state index in [0.29, 0.717) is 0 Å². The van der Waals surface area contributed by atoms with Gasteiger partial charge in [0.05, 0.1) is 6.54 Å². The summed E-state index contributed by atoms with van der Waals surface area (Å²) in [6.45, 7) is 7.01. The Kier molecular flexibility index (Phi) is 4.88. The third-order valence-corrected chi connectivity index (χ3v) is 4.38. The van der Waals surface area contributed by atoms with Crippen molar-refractivity contribution in [2.24, 2.45) is 5.92 Å². The zero-order chi connectivity index (χ0) is 19.9. The number of aromatic nitrogens is 3. The largest absolute Gasteiger partial charge is 0.444 e. The molecule has 0 saturated carbocycles. The van der Waals surface area contributed by atoms with Crippen molar-refractivity contribution >= 4 is 23.4 Å². The molecule has 3 rings (SSSR count). The first-order valence-electron chi connectivity index (χ1n) is 8.77. The second-order valence-electron chi connectivity index (χ2n) is 7.91. The van der Waals surface area contributed by atoms with E-state index in [0.717, 1.165) is 6.29 Å². The van der Waals surface area contributed by atoms with Gasteiger partial charge in [0, 0.05) is 12.0 Å². The van der Waals surface area contributed by atoms with E-state index in [1.165, 1.54) is 4.68 Å². The van der Waals surface area contributed by atoms with Gasteiger partial charge in [-0.25, -0.2) is 18.3 Å². The van der Waals surface area contributed by atoms with Gasteiger partial charge < -0.3 is 14.8 Å². The molecule has 7 nitrogen and oxygen atoms in total. The SMILES string of the molecule is C[C@@H](Cn1nnc2c(F)c3c(c(F)c21)CC(C=O)C3)NC(=O)OC(C)(C)C. The maximum Gasteiger partial charge on any atom is 0.407 e. The summed E-state index contributed by atoms with van der Waals surface area (Å²) in [7, 11) is 0. The van der Waals surface area contributed by atoms with Crippen molar-refractivity contribution in [3.8, 4) is 0 Å². The second kappa shape index (κ2) is 6.86. The fraction of sp³-hybridized carbons (Fsp3) is 0.556. The van der Waals surface area contributed by atoms with Crippen LogP contribution in [-0.2, 0) is 28.9 Å². The first-order chi connectivity index (χ1) is 12.6. The maximum atomic E-state index is 15.0. The molecular weight excluding hydrogens is 358 g/mol. The Morgan fingerprint density at radius 3 is 2.56 bits per heavy atom. The van der Waals surface area contributed by atoms with Crippen LogP contribution >= 0.6 is 0 Å². The van der Waals surface area contributed by atoms with Crippen molar-refractivity contribution in [3.05, 3.63) is 22.8 Å². The maximum absolute atomic E-state index is 15.0. The van der Waals surface area contributed by atoms with Gasteiger partial charge in [-0.1, -0.05) is 5.21 Å². The second-order valence-corrected chi connectivity index (χ2v) is 7.91. The van der Waals surface area contributed by atoms with Crippen LogP contribution < -0.4 is 5.32 Å². The fourth-order valence-corrected chi connectivity index (χ4v) is 3.29. The average molecular weight is 380 g/mol. The number of fused-ring (bicyclic) bond motifs is 2. The molecule has 2 aromatic rings. The fourth-order valence-electron chi connectivity index (χ4n) is 3.29. The lowest BCUT2D eigenvalue weighted by atomic mass is 10.1. The minimum absolute atomic E-state index is 0.0596. The number of aldehydes is 1. The number of rotatable bonds is 4. The molecule has 0 aliphatic heterocycles. The topological polar surface area (TPSA) is 86.1 Å². The molecule has 1 aliphatic rings. The summed E-state index contributed by atoms with van der Waals surface area (Å²) >= 11 is 0. The van der Waals surface area contributed by atoms with E-state index >= 15 is 0 Å². The number of hydrogen-bond donors (Lipinski definition) is 1. The van der Waals surface area contributed by atoms with E-state index < -0.39 is 35.3 Å². The molecule has 0 saturated heterocycles. The lowest BCUT2D eigenvalue weighted by molar-refractivity contribution is -0.110. The Hall–Kier alpha value is -2.58. The Morgan fingerprint density at radius 2 is 1.96 bits per heavy atom. The zero-order valence-corrected chi connectivity index (χ0v) is 15.7.